The maximum Gasteiger partial charge on any atom is 0.235 e. The fraction of sp³-hybridized carbons (Fsp3) is 0.400. The van der Waals surface area contributed by atoms with Gasteiger partial charge >= 0.3 is 0 Å². The molecule has 1 aromatic heterocycles. The predicted molar refractivity (Wildman–Crippen MR) is 55.2 cm³/mol. The molecule has 0 aromatic carbocycles. The third-order valence-electron chi connectivity index (χ3n) is 2.16. The van der Waals surface area contributed by atoms with Gasteiger partial charge in [-0.3, -0.25) is 0 Å². The molecule has 2 rings (SSSR count). The lowest BCUT2D eigenvalue weighted by Crippen LogP contribution is -2.13. The van der Waals surface area contributed by atoms with Gasteiger partial charge in [-0.25, -0.2) is 9.98 Å². The first-order valence-electron chi connectivity index (χ1n) is 4.73. The highest BCUT2D eigenvalue weighted by Gasteiger charge is 2.19. The van der Waals surface area contributed by atoms with Crippen molar-refractivity contribution >= 4 is 11.7 Å². The van der Waals surface area contributed by atoms with Gasteiger partial charge in [0.25, 0.3) is 0 Å². The zero-order valence-corrected chi connectivity index (χ0v) is 8.10. The summed E-state index contributed by atoms with van der Waals surface area (Å²) in [6, 6.07) is 5.45. The summed E-state index contributed by atoms with van der Waals surface area (Å²) in [5.41, 5.74) is 6.29. The van der Waals surface area contributed by atoms with E-state index in [0.717, 1.165) is 18.7 Å². The average molecular weight is 191 g/mol. The Labute approximate surface area is 82.8 Å². The standard InChI is InChI=1S/C10H13N3O/c1-2-7-6-12-10(14-7)8-4-3-5-9(11)13-8/h3-5,7H,2,6H2,1H3,(H2,11,13). The van der Waals surface area contributed by atoms with Crippen molar-refractivity contribution in [1.82, 2.24) is 4.98 Å². The lowest BCUT2D eigenvalue weighted by molar-refractivity contribution is 0.220. The Balaban J connectivity index is 2.17. The number of anilines is 1. The maximum absolute atomic E-state index is 5.58. The monoisotopic (exact) mass is 191 g/mol. The van der Waals surface area contributed by atoms with Crippen LogP contribution < -0.4 is 5.73 Å². The minimum Gasteiger partial charge on any atom is -0.471 e. The number of aromatic nitrogens is 1. The van der Waals surface area contributed by atoms with Gasteiger partial charge in [0, 0.05) is 0 Å². The molecule has 0 spiro atoms. The molecular weight excluding hydrogens is 178 g/mol. The summed E-state index contributed by atoms with van der Waals surface area (Å²) < 4.78 is 5.58. The first kappa shape index (κ1) is 8.99. The van der Waals surface area contributed by atoms with E-state index < -0.39 is 0 Å². The van der Waals surface area contributed by atoms with Crippen molar-refractivity contribution in [2.24, 2.45) is 4.99 Å². The number of nitrogens with two attached hydrogens (primary N) is 1. The summed E-state index contributed by atoms with van der Waals surface area (Å²) in [4.78, 5) is 8.42. The summed E-state index contributed by atoms with van der Waals surface area (Å²) in [5, 5.41) is 0. The molecule has 2 heterocycles. The second-order valence-corrected chi connectivity index (χ2v) is 3.24. The highest BCUT2D eigenvalue weighted by Crippen LogP contribution is 2.13. The Kier molecular flexibility index (Phi) is 2.35. The lowest BCUT2D eigenvalue weighted by Gasteiger charge is -2.07. The smallest absolute Gasteiger partial charge is 0.235 e. The molecule has 74 valence electrons. The van der Waals surface area contributed by atoms with Gasteiger partial charge in [0.2, 0.25) is 5.90 Å². The quantitative estimate of drug-likeness (QED) is 0.764. The molecule has 1 unspecified atom stereocenters. The van der Waals surface area contributed by atoms with Gasteiger partial charge in [-0.05, 0) is 18.6 Å². The van der Waals surface area contributed by atoms with Crippen LogP contribution in [0.1, 0.15) is 19.0 Å². The van der Waals surface area contributed by atoms with E-state index in [1.165, 1.54) is 0 Å². The van der Waals surface area contributed by atoms with E-state index in [4.69, 9.17) is 10.5 Å². The molecule has 1 aliphatic rings. The van der Waals surface area contributed by atoms with Crippen LogP contribution in [0, 0.1) is 0 Å². The molecule has 0 saturated heterocycles. The van der Waals surface area contributed by atoms with Crippen molar-refractivity contribution in [3.8, 4) is 0 Å². The van der Waals surface area contributed by atoms with Crippen LogP contribution >= 0.6 is 0 Å². The molecule has 4 nitrogen and oxygen atoms in total. The number of rotatable bonds is 2. The number of ether oxygens (including phenoxy) is 1. The minimum atomic E-state index is 0.202. The first-order chi connectivity index (χ1) is 6.79. The number of nitrogens with zero attached hydrogens (tertiary/aromatic N) is 2. The number of hydrogen-bond acceptors (Lipinski definition) is 4. The Morgan fingerprint density at radius 1 is 1.57 bits per heavy atom. The van der Waals surface area contributed by atoms with E-state index in [0.29, 0.717) is 11.7 Å². The van der Waals surface area contributed by atoms with Crippen LogP contribution in [0.4, 0.5) is 5.82 Å². The van der Waals surface area contributed by atoms with Crippen LogP contribution in [-0.2, 0) is 4.74 Å². The largest absolute Gasteiger partial charge is 0.471 e. The van der Waals surface area contributed by atoms with Gasteiger partial charge in [-0.2, -0.15) is 0 Å². The summed E-state index contributed by atoms with van der Waals surface area (Å²) in [7, 11) is 0. The molecule has 0 amide bonds. The van der Waals surface area contributed by atoms with Crippen LogP contribution in [0.2, 0.25) is 0 Å². The maximum atomic E-state index is 5.58. The highest BCUT2D eigenvalue weighted by molar-refractivity contribution is 5.93. The molecule has 0 aliphatic carbocycles. The summed E-state index contributed by atoms with van der Waals surface area (Å²) in [5.74, 6) is 1.11. The van der Waals surface area contributed by atoms with Crippen molar-refractivity contribution in [1.29, 1.82) is 0 Å². The van der Waals surface area contributed by atoms with Gasteiger partial charge in [-0.15, -0.1) is 0 Å². The fourth-order valence-electron chi connectivity index (χ4n) is 1.34. The summed E-state index contributed by atoms with van der Waals surface area (Å²) in [6.07, 6.45) is 1.17. The van der Waals surface area contributed by atoms with Gasteiger partial charge in [-0.1, -0.05) is 13.0 Å². The molecule has 1 aromatic rings. The Hall–Kier alpha value is -1.58. The Morgan fingerprint density at radius 3 is 3.07 bits per heavy atom. The summed E-state index contributed by atoms with van der Waals surface area (Å²) in [6.45, 7) is 2.80. The third-order valence-corrected chi connectivity index (χ3v) is 2.16. The molecule has 4 heteroatoms. The van der Waals surface area contributed by atoms with Crippen LogP contribution in [0.25, 0.3) is 0 Å². The number of aliphatic imine (C=N–C) groups is 1. The van der Waals surface area contributed by atoms with Gasteiger partial charge in [0.05, 0.1) is 6.54 Å². The number of hydrogen-bond donors (Lipinski definition) is 1. The van der Waals surface area contributed by atoms with Crippen molar-refractivity contribution in [3.05, 3.63) is 23.9 Å². The lowest BCUT2D eigenvalue weighted by atomic mass is 10.3. The van der Waals surface area contributed by atoms with Crippen LogP contribution in [-0.4, -0.2) is 23.5 Å². The fourth-order valence-corrected chi connectivity index (χ4v) is 1.34. The van der Waals surface area contributed by atoms with E-state index in [9.17, 15) is 0 Å². The van der Waals surface area contributed by atoms with Gasteiger partial charge in [0.1, 0.15) is 17.6 Å². The molecule has 14 heavy (non-hydrogen) atoms. The van der Waals surface area contributed by atoms with E-state index >= 15 is 0 Å². The second kappa shape index (κ2) is 3.65. The van der Waals surface area contributed by atoms with E-state index in [2.05, 4.69) is 16.9 Å². The van der Waals surface area contributed by atoms with Crippen LogP contribution in [0.15, 0.2) is 23.2 Å². The Bertz CT molecular complexity index is 362. The van der Waals surface area contributed by atoms with Crippen molar-refractivity contribution in [2.75, 3.05) is 12.3 Å². The molecule has 1 atom stereocenters. The normalized spacial score (nSPS) is 20.4. The predicted octanol–water partition coefficient (Wildman–Crippen LogP) is 1.22. The first-order valence-corrected chi connectivity index (χ1v) is 4.73. The van der Waals surface area contributed by atoms with E-state index in [-0.39, 0.29) is 6.10 Å². The summed E-state index contributed by atoms with van der Waals surface area (Å²) >= 11 is 0. The SMILES string of the molecule is CCC1CN=C(c2cccc(N)n2)O1. The Morgan fingerprint density at radius 2 is 2.43 bits per heavy atom. The zero-order valence-electron chi connectivity index (χ0n) is 8.10. The molecular formula is C10H13N3O. The minimum absolute atomic E-state index is 0.202. The van der Waals surface area contributed by atoms with E-state index in [1.54, 1.807) is 6.07 Å². The topological polar surface area (TPSA) is 60.5 Å². The van der Waals surface area contributed by atoms with Crippen LogP contribution in [0.5, 0.6) is 0 Å². The van der Waals surface area contributed by atoms with Crippen LogP contribution in [0.3, 0.4) is 0 Å². The molecule has 0 saturated carbocycles. The van der Waals surface area contributed by atoms with E-state index in [1.807, 2.05) is 12.1 Å². The van der Waals surface area contributed by atoms with Crippen molar-refractivity contribution in [3.63, 3.8) is 0 Å². The number of pyridine rings is 1. The molecule has 0 bridgehead atoms. The number of nitrogen functional groups attached to an aromatic ring is 1. The zero-order chi connectivity index (χ0) is 9.97. The molecule has 2 N–H and O–H groups in total. The molecule has 0 fully saturated rings. The van der Waals surface area contributed by atoms with Crippen molar-refractivity contribution in [2.45, 2.75) is 19.4 Å². The second-order valence-electron chi connectivity index (χ2n) is 3.24. The van der Waals surface area contributed by atoms with Gasteiger partial charge < -0.3 is 10.5 Å². The van der Waals surface area contributed by atoms with Gasteiger partial charge in [0.15, 0.2) is 0 Å². The third kappa shape index (κ3) is 1.69. The highest BCUT2D eigenvalue weighted by atomic mass is 16.5. The molecule has 0 radical (unpaired) electrons. The average Bonchev–Trinajstić information content (AvgIpc) is 2.66. The molecule has 1 aliphatic heterocycles. The van der Waals surface area contributed by atoms with Crippen molar-refractivity contribution < 1.29 is 4.74 Å².